The van der Waals surface area contributed by atoms with Crippen molar-refractivity contribution >= 4 is 0 Å². The van der Waals surface area contributed by atoms with Crippen molar-refractivity contribution in [2.45, 2.75) is 31.5 Å². The van der Waals surface area contributed by atoms with Crippen LogP contribution in [0.2, 0.25) is 0 Å². The summed E-state index contributed by atoms with van der Waals surface area (Å²) in [5.41, 5.74) is 0. The standard InChI is InChI=1S/C11H17F3N2/c1-2-3-6-15-10-4-7-16(8-5-10)9-11(12,13)14/h1,10,15H,3-9H2. The molecular formula is C11H17F3N2. The molecule has 1 fully saturated rings. The van der Waals surface area contributed by atoms with E-state index in [0.29, 0.717) is 25.6 Å². The van der Waals surface area contributed by atoms with E-state index in [1.165, 1.54) is 4.90 Å². The van der Waals surface area contributed by atoms with Crippen molar-refractivity contribution in [1.29, 1.82) is 0 Å². The van der Waals surface area contributed by atoms with Crippen molar-refractivity contribution in [3.05, 3.63) is 0 Å². The molecule has 0 saturated carbocycles. The fraction of sp³-hybridized carbons (Fsp3) is 0.818. The zero-order chi connectivity index (χ0) is 12.0. The predicted molar refractivity (Wildman–Crippen MR) is 57.0 cm³/mol. The molecule has 0 unspecified atom stereocenters. The van der Waals surface area contributed by atoms with E-state index in [-0.39, 0.29) is 0 Å². The van der Waals surface area contributed by atoms with E-state index in [1.54, 1.807) is 0 Å². The molecule has 0 radical (unpaired) electrons. The minimum Gasteiger partial charge on any atom is -0.313 e. The number of hydrogen-bond donors (Lipinski definition) is 1. The molecule has 1 saturated heterocycles. The van der Waals surface area contributed by atoms with Crippen LogP contribution in [0, 0.1) is 12.3 Å². The Morgan fingerprint density at radius 2 is 1.94 bits per heavy atom. The van der Waals surface area contributed by atoms with Gasteiger partial charge in [-0.2, -0.15) is 13.2 Å². The molecule has 1 aliphatic rings. The Hall–Kier alpha value is -0.730. The third kappa shape index (κ3) is 5.38. The zero-order valence-electron chi connectivity index (χ0n) is 9.19. The molecule has 1 heterocycles. The number of terminal acetylenes is 1. The van der Waals surface area contributed by atoms with Crippen LogP contribution in [0.5, 0.6) is 0 Å². The molecule has 2 nitrogen and oxygen atoms in total. The van der Waals surface area contributed by atoms with Gasteiger partial charge in [-0.3, -0.25) is 4.90 Å². The van der Waals surface area contributed by atoms with Crippen molar-refractivity contribution in [2.75, 3.05) is 26.2 Å². The number of hydrogen-bond acceptors (Lipinski definition) is 2. The average Bonchev–Trinajstić information content (AvgIpc) is 2.19. The molecule has 0 aromatic rings. The number of nitrogens with one attached hydrogen (secondary N) is 1. The summed E-state index contributed by atoms with van der Waals surface area (Å²) in [5, 5.41) is 3.26. The Labute approximate surface area is 94.2 Å². The van der Waals surface area contributed by atoms with Crippen LogP contribution in [-0.2, 0) is 0 Å². The highest BCUT2D eigenvalue weighted by atomic mass is 19.4. The maximum absolute atomic E-state index is 12.1. The van der Waals surface area contributed by atoms with E-state index in [4.69, 9.17) is 6.42 Å². The number of alkyl halides is 3. The minimum absolute atomic E-state index is 0.317. The summed E-state index contributed by atoms with van der Waals surface area (Å²) in [6.07, 6.45) is 3.23. The van der Waals surface area contributed by atoms with Gasteiger partial charge in [-0.05, 0) is 25.9 Å². The fourth-order valence-electron chi connectivity index (χ4n) is 1.90. The van der Waals surface area contributed by atoms with Gasteiger partial charge in [0.1, 0.15) is 0 Å². The lowest BCUT2D eigenvalue weighted by molar-refractivity contribution is -0.148. The van der Waals surface area contributed by atoms with Gasteiger partial charge in [0.25, 0.3) is 0 Å². The third-order valence-electron chi connectivity index (χ3n) is 2.69. The van der Waals surface area contributed by atoms with Crippen molar-refractivity contribution < 1.29 is 13.2 Å². The largest absolute Gasteiger partial charge is 0.401 e. The molecule has 1 aliphatic heterocycles. The molecule has 92 valence electrons. The van der Waals surface area contributed by atoms with Gasteiger partial charge in [0, 0.05) is 19.0 Å². The normalized spacial score (nSPS) is 19.6. The first-order chi connectivity index (χ1) is 7.51. The molecule has 1 rings (SSSR count). The molecule has 0 amide bonds. The summed E-state index contributed by atoms with van der Waals surface area (Å²) in [5.74, 6) is 2.53. The van der Waals surface area contributed by atoms with Crippen LogP contribution < -0.4 is 5.32 Å². The first-order valence-electron chi connectivity index (χ1n) is 5.47. The van der Waals surface area contributed by atoms with Crippen molar-refractivity contribution in [1.82, 2.24) is 10.2 Å². The van der Waals surface area contributed by atoms with Gasteiger partial charge in [-0.1, -0.05) is 0 Å². The molecule has 0 aliphatic carbocycles. The number of nitrogens with zero attached hydrogens (tertiary/aromatic N) is 1. The average molecular weight is 234 g/mol. The Morgan fingerprint density at radius 3 is 2.44 bits per heavy atom. The molecule has 1 N–H and O–H groups in total. The maximum Gasteiger partial charge on any atom is 0.401 e. The van der Waals surface area contributed by atoms with Crippen LogP contribution in [0.1, 0.15) is 19.3 Å². The van der Waals surface area contributed by atoms with Crippen LogP contribution in [0.3, 0.4) is 0 Å². The second-order valence-corrected chi connectivity index (χ2v) is 4.07. The molecule has 0 spiro atoms. The van der Waals surface area contributed by atoms with Crippen LogP contribution >= 0.6 is 0 Å². The number of rotatable bonds is 4. The highest BCUT2D eigenvalue weighted by molar-refractivity contribution is 4.86. The highest BCUT2D eigenvalue weighted by Gasteiger charge is 2.32. The molecule has 0 atom stereocenters. The number of likely N-dealkylation sites (tertiary alicyclic amines) is 1. The van der Waals surface area contributed by atoms with Gasteiger partial charge >= 0.3 is 6.18 Å². The molecule has 16 heavy (non-hydrogen) atoms. The third-order valence-corrected chi connectivity index (χ3v) is 2.69. The Morgan fingerprint density at radius 1 is 1.31 bits per heavy atom. The lowest BCUT2D eigenvalue weighted by atomic mass is 10.1. The molecule has 5 heteroatoms. The van der Waals surface area contributed by atoms with E-state index in [2.05, 4.69) is 11.2 Å². The Balaban J connectivity index is 2.16. The van der Waals surface area contributed by atoms with Crippen LogP contribution in [0.4, 0.5) is 13.2 Å². The summed E-state index contributed by atoms with van der Waals surface area (Å²) in [6.45, 7) is 0.977. The quantitative estimate of drug-likeness (QED) is 0.587. The van der Waals surface area contributed by atoms with Gasteiger partial charge in [-0.25, -0.2) is 0 Å². The second-order valence-electron chi connectivity index (χ2n) is 4.07. The molecule has 0 aromatic carbocycles. The van der Waals surface area contributed by atoms with E-state index in [0.717, 1.165) is 19.4 Å². The van der Waals surface area contributed by atoms with E-state index in [9.17, 15) is 13.2 Å². The summed E-state index contributed by atoms with van der Waals surface area (Å²) < 4.78 is 36.3. The van der Waals surface area contributed by atoms with Crippen LogP contribution in [-0.4, -0.2) is 43.3 Å². The Kier molecular flexibility index (Phi) is 5.10. The summed E-state index contributed by atoms with van der Waals surface area (Å²) >= 11 is 0. The van der Waals surface area contributed by atoms with Gasteiger partial charge in [0.15, 0.2) is 0 Å². The predicted octanol–water partition coefficient (Wildman–Crippen LogP) is 1.63. The number of halogens is 3. The summed E-state index contributed by atoms with van der Waals surface area (Å²) in [6, 6.07) is 0.317. The monoisotopic (exact) mass is 234 g/mol. The highest BCUT2D eigenvalue weighted by Crippen LogP contribution is 2.19. The lowest BCUT2D eigenvalue weighted by Gasteiger charge is -2.32. The lowest BCUT2D eigenvalue weighted by Crippen LogP contribution is -2.45. The Bertz CT molecular complexity index is 237. The van der Waals surface area contributed by atoms with E-state index >= 15 is 0 Å². The van der Waals surface area contributed by atoms with Gasteiger partial charge in [0.2, 0.25) is 0 Å². The first kappa shape index (κ1) is 13.3. The van der Waals surface area contributed by atoms with Crippen molar-refractivity contribution in [3.63, 3.8) is 0 Å². The fourth-order valence-corrected chi connectivity index (χ4v) is 1.90. The topological polar surface area (TPSA) is 15.3 Å². The zero-order valence-corrected chi connectivity index (χ0v) is 9.19. The van der Waals surface area contributed by atoms with Crippen LogP contribution in [0.25, 0.3) is 0 Å². The second kappa shape index (κ2) is 6.12. The minimum atomic E-state index is -4.08. The maximum atomic E-state index is 12.1. The molecular weight excluding hydrogens is 217 g/mol. The van der Waals surface area contributed by atoms with E-state index < -0.39 is 12.7 Å². The first-order valence-corrected chi connectivity index (χ1v) is 5.47. The van der Waals surface area contributed by atoms with Gasteiger partial charge < -0.3 is 5.32 Å². The number of piperidine rings is 1. The summed E-state index contributed by atoms with van der Waals surface area (Å²) in [7, 11) is 0. The smallest absolute Gasteiger partial charge is 0.313 e. The summed E-state index contributed by atoms with van der Waals surface area (Å²) in [4.78, 5) is 1.46. The van der Waals surface area contributed by atoms with Crippen molar-refractivity contribution in [2.24, 2.45) is 0 Å². The SMILES string of the molecule is C#CCCNC1CCN(CC(F)(F)F)CC1. The van der Waals surface area contributed by atoms with Gasteiger partial charge in [-0.15, -0.1) is 12.3 Å². The van der Waals surface area contributed by atoms with Crippen LogP contribution in [0.15, 0.2) is 0 Å². The van der Waals surface area contributed by atoms with Gasteiger partial charge in [0.05, 0.1) is 6.54 Å². The van der Waals surface area contributed by atoms with E-state index in [1.807, 2.05) is 0 Å². The van der Waals surface area contributed by atoms with Crippen molar-refractivity contribution in [3.8, 4) is 12.3 Å². The molecule has 0 aromatic heterocycles. The molecule has 0 bridgehead atoms.